The second-order valence-electron chi connectivity index (χ2n) is 6.66. The van der Waals surface area contributed by atoms with Crippen LogP contribution in [0.25, 0.3) is 0 Å². The van der Waals surface area contributed by atoms with Gasteiger partial charge in [-0.3, -0.25) is 0 Å². The first kappa shape index (κ1) is 17.2. The van der Waals surface area contributed by atoms with Crippen molar-refractivity contribution in [2.24, 2.45) is 5.92 Å². The van der Waals surface area contributed by atoms with Crippen LogP contribution in [0.1, 0.15) is 44.9 Å². The van der Waals surface area contributed by atoms with Crippen LogP contribution in [0.2, 0.25) is 0 Å². The maximum Gasteiger partial charge on any atom is 0.214 e. The lowest BCUT2D eigenvalue weighted by molar-refractivity contribution is 0.184. The predicted octanol–water partition coefficient (Wildman–Crippen LogP) is 1.17. The molecule has 5 nitrogen and oxygen atoms in total. The third-order valence-corrected chi connectivity index (χ3v) is 6.84. The first-order valence-electron chi connectivity index (χ1n) is 8.37. The molecule has 21 heavy (non-hydrogen) atoms. The molecule has 0 aromatic rings. The smallest absolute Gasteiger partial charge is 0.214 e. The number of nitrogens with zero attached hydrogens (tertiary/aromatic N) is 1. The van der Waals surface area contributed by atoms with Crippen molar-refractivity contribution in [1.82, 2.24) is 14.9 Å². The molecule has 124 valence electrons. The van der Waals surface area contributed by atoms with Crippen LogP contribution in [0.15, 0.2) is 0 Å². The van der Waals surface area contributed by atoms with Crippen molar-refractivity contribution in [2.45, 2.75) is 57.0 Å². The van der Waals surface area contributed by atoms with Gasteiger partial charge in [-0.1, -0.05) is 19.3 Å². The number of hydrogen-bond donors (Lipinski definition) is 2. The van der Waals surface area contributed by atoms with E-state index in [2.05, 4.69) is 10.6 Å². The Morgan fingerprint density at radius 1 is 1.10 bits per heavy atom. The van der Waals surface area contributed by atoms with Crippen LogP contribution < -0.4 is 10.6 Å². The van der Waals surface area contributed by atoms with Gasteiger partial charge in [0.05, 0.1) is 5.75 Å². The highest BCUT2D eigenvalue weighted by molar-refractivity contribution is 7.89. The lowest BCUT2D eigenvalue weighted by Crippen LogP contribution is -2.51. The number of nitrogens with one attached hydrogen (secondary N) is 2. The molecule has 2 N–H and O–H groups in total. The van der Waals surface area contributed by atoms with Crippen LogP contribution in [-0.4, -0.2) is 57.7 Å². The van der Waals surface area contributed by atoms with E-state index in [4.69, 9.17) is 0 Å². The third-order valence-electron chi connectivity index (χ3n) is 5.01. The molecule has 1 saturated carbocycles. The Morgan fingerprint density at radius 2 is 1.81 bits per heavy atom. The van der Waals surface area contributed by atoms with Crippen molar-refractivity contribution in [3.05, 3.63) is 0 Å². The Morgan fingerprint density at radius 3 is 2.48 bits per heavy atom. The van der Waals surface area contributed by atoms with E-state index in [1.54, 1.807) is 14.1 Å². The molecule has 2 aliphatic rings. The van der Waals surface area contributed by atoms with Crippen molar-refractivity contribution < 1.29 is 8.42 Å². The summed E-state index contributed by atoms with van der Waals surface area (Å²) in [5, 5.41) is 7.21. The second kappa shape index (κ2) is 7.90. The Bertz CT molecular complexity index is 405. The number of piperidine rings is 1. The van der Waals surface area contributed by atoms with E-state index in [9.17, 15) is 8.42 Å². The first-order chi connectivity index (χ1) is 10.0. The SMILES string of the molecule is CN(C)S(=O)(=O)CCNC1CCCCC1C1CCCCN1. The van der Waals surface area contributed by atoms with Gasteiger partial charge < -0.3 is 10.6 Å². The molecule has 6 heteroatoms. The van der Waals surface area contributed by atoms with Gasteiger partial charge in [-0.15, -0.1) is 0 Å². The Balaban J connectivity index is 1.84. The average molecular weight is 317 g/mol. The normalized spacial score (nSPS) is 31.5. The Kier molecular flexibility index (Phi) is 6.47. The second-order valence-corrected chi connectivity index (χ2v) is 8.97. The van der Waals surface area contributed by atoms with Gasteiger partial charge in [0.1, 0.15) is 0 Å². The summed E-state index contributed by atoms with van der Waals surface area (Å²) in [4.78, 5) is 0. The van der Waals surface area contributed by atoms with Gasteiger partial charge in [-0.2, -0.15) is 0 Å². The zero-order chi connectivity index (χ0) is 15.3. The molecule has 1 aliphatic carbocycles. The molecular weight excluding hydrogens is 286 g/mol. The Hall–Kier alpha value is -0.170. The van der Waals surface area contributed by atoms with E-state index in [-0.39, 0.29) is 5.75 Å². The maximum absolute atomic E-state index is 11.8. The quantitative estimate of drug-likeness (QED) is 0.772. The van der Waals surface area contributed by atoms with E-state index in [0.29, 0.717) is 24.5 Å². The molecule has 3 atom stereocenters. The molecule has 0 aromatic heterocycles. The van der Waals surface area contributed by atoms with Crippen LogP contribution >= 0.6 is 0 Å². The fourth-order valence-electron chi connectivity index (χ4n) is 3.69. The zero-order valence-electron chi connectivity index (χ0n) is 13.5. The monoisotopic (exact) mass is 317 g/mol. The molecule has 2 rings (SSSR count). The van der Waals surface area contributed by atoms with Gasteiger partial charge in [0, 0.05) is 32.7 Å². The van der Waals surface area contributed by atoms with E-state index in [0.717, 1.165) is 6.54 Å². The predicted molar refractivity (Wildman–Crippen MR) is 86.9 cm³/mol. The van der Waals surface area contributed by atoms with Gasteiger partial charge in [-0.25, -0.2) is 12.7 Å². The highest BCUT2D eigenvalue weighted by Gasteiger charge is 2.32. The summed E-state index contributed by atoms with van der Waals surface area (Å²) in [5.74, 6) is 0.863. The molecule has 2 fully saturated rings. The fraction of sp³-hybridized carbons (Fsp3) is 1.00. The van der Waals surface area contributed by atoms with E-state index in [1.807, 2.05) is 0 Å². The van der Waals surface area contributed by atoms with Crippen molar-refractivity contribution >= 4 is 10.0 Å². The standard InChI is InChI=1S/C15H31N3O2S/c1-18(2)21(19,20)12-11-17-15-8-4-3-7-13(15)14-9-5-6-10-16-14/h13-17H,3-12H2,1-2H3. The number of hydrogen-bond acceptors (Lipinski definition) is 4. The molecule has 0 bridgehead atoms. The number of rotatable bonds is 6. The molecule has 1 heterocycles. The van der Waals surface area contributed by atoms with Crippen molar-refractivity contribution in [1.29, 1.82) is 0 Å². The molecule has 1 saturated heterocycles. The van der Waals surface area contributed by atoms with Crippen LogP contribution in [0.5, 0.6) is 0 Å². The third kappa shape index (κ3) is 4.91. The lowest BCUT2D eigenvalue weighted by atomic mass is 9.77. The highest BCUT2D eigenvalue weighted by Crippen LogP contribution is 2.30. The van der Waals surface area contributed by atoms with Crippen LogP contribution in [0, 0.1) is 5.92 Å². The average Bonchev–Trinajstić information content (AvgIpc) is 2.48. The summed E-state index contributed by atoms with van der Waals surface area (Å²) in [6.07, 6.45) is 8.94. The van der Waals surface area contributed by atoms with Gasteiger partial charge in [0.2, 0.25) is 10.0 Å². The minimum atomic E-state index is -3.09. The lowest BCUT2D eigenvalue weighted by Gasteiger charge is -2.40. The summed E-state index contributed by atoms with van der Waals surface area (Å²) in [5.41, 5.74) is 0. The van der Waals surface area contributed by atoms with Crippen molar-refractivity contribution in [2.75, 3.05) is 32.9 Å². The van der Waals surface area contributed by atoms with Gasteiger partial charge >= 0.3 is 0 Å². The first-order valence-corrected chi connectivity index (χ1v) is 9.98. The Labute approximate surface area is 129 Å². The minimum absolute atomic E-state index is 0.196. The molecule has 0 amide bonds. The maximum atomic E-state index is 11.8. The van der Waals surface area contributed by atoms with Gasteiger partial charge in [0.15, 0.2) is 0 Å². The highest BCUT2D eigenvalue weighted by atomic mass is 32.2. The number of sulfonamides is 1. The van der Waals surface area contributed by atoms with E-state index in [1.165, 1.54) is 49.3 Å². The minimum Gasteiger partial charge on any atom is -0.314 e. The fourth-order valence-corrected chi connectivity index (χ4v) is 4.44. The van der Waals surface area contributed by atoms with Crippen LogP contribution in [0.4, 0.5) is 0 Å². The molecule has 1 aliphatic heterocycles. The van der Waals surface area contributed by atoms with Gasteiger partial charge in [0.25, 0.3) is 0 Å². The van der Waals surface area contributed by atoms with E-state index >= 15 is 0 Å². The molecular formula is C15H31N3O2S. The summed E-state index contributed by atoms with van der Waals surface area (Å²) in [6, 6.07) is 1.11. The summed E-state index contributed by atoms with van der Waals surface area (Å²) in [7, 11) is 0.118. The summed E-state index contributed by atoms with van der Waals surface area (Å²) < 4.78 is 25.0. The van der Waals surface area contributed by atoms with Crippen molar-refractivity contribution in [3.8, 4) is 0 Å². The molecule has 0 radical (unpaired) electrons. The molecule has 0 aromatic carbocycles. The molecule has 0 spiro atoms. The van der Waals surface area contributed by atoms with Crippen molar-refractivity contribution in [3.63, 3.8) is 0 Å². The van der Waals surface area contributed by atoms with E-state index < -0.39 is 10.0 Å². The summed E-state index contributed by atoms with van der Waals surface area (Å²) >= 11 is 0. The molecule has 3 unspecified atom stereocenters. The van der Waals surface area contributed by atoms with Gasteiger partial charge in [-0.05, 0) is 38.1 Å². The van der Waals surface area contributed by atoms with Crippen LogP contribution in [0.3, 0.4) is 0 Å². The summed E-state index contributed by atoms with van der Waals surface area (Å²) in [6.45, 7) is 1.71. The zero-order valence-corrected chi connectivity index (χ0v) is 14.3. The van der Waals surface area contributed by atoms with Crippen LogP contribution in [-0.2, 0) is 10.0 Å². The largest absolute Gasteiger partial charge is 0.314 e. The topological polar surface area (TPSA) is 61.4 Å².